The maximum atomic E-state index is 12.0. The van der Waals surface area contributed by atoms with Gasteiger partial charge in [0.2, 0.25) is 0 Å². The van der Waals surface area contributed by atoms with Gasteiger partial charge in [-0.05, 0) is 44.0 Å². The molecule has 0 aliphatic carbocycles. The molecule has 0 saturated carbocycles. The Hall–Kier alpha value is -2.08. The van der Waals surface area contributed by atoms with E-state index in [0.717, 1.165) is 5.56 Å². The molecule has 21 heavy (non-hydrogen) atoms. The van der Waals surface area contributed by atoms with Gasteiger partial charge in [-0.2, -0.15) is 0 Å². The average molecular weight is 294 g/mol. The maximum absolute atomic E-state index is 12.0. The fourth-order valence-corrected chi connectivity index (χ4v) is 1.78. The Morgan fingerprint density at radius 3 is 2.67 bits per heavy atom. The van der Waals surface area contributed by atoms with Gasteiger partial charge < -0.3 is 20.5 Å². The van der Waals surface area contributed by atoms with Crippen LogP contribution in [0.5, 0.6) is 0 Å². The summed E-state index contributed by atoms with van der Waals surface area (Å²) in [6, 6.07) is 4.95. The fraction of sp³-hybridized carbons (Fsp3) is 0.467. The second-order valence-corrected chi connectivity index (χ2v) is 4.82. The van der Waals surface area contributed by atoms with E-state index >= 15 is 0 Å². The molecule has 0 heterocycles. The highest BCUT2D eigenvalue weighted by molar-refractivity contribution is 5.93. The summed E-state index contributed by atoms with van der Waals surface area (Å²) in [5.41, 5.74) is 7.37. The Kier molecular flexibility index (Phi) is 6.68. The number of carbonyl (C=O) groups is 2. The molecule has 0 spiro atoms. The summed E-state index contributed by atoms with van der Waals surface area (Å²) in [6.45, 7) is 4.41. The molecule has 1 unspecified atom stereocenters. The minimum Gasteiger partial charge on any atom is -0.449 e. The summed E-state index contributed by atoms with van der Waals surface area (Å²) in [4.78, 5) is 23.7. The second-order valence-electron chi connectivity index (χ2n) is 4.82. The lowest BCUT2D eigenvalue weighted by molar-refractivity contribution is -0.129. The summed E-state index contributed by atoms with van der Waals surface area (Å²) in [6.07, 6.45) is -0.154. The molecule has 6 heteroatoms. The van der Waals surface area contributed by atoms with E-state index in [1.165, 1.54) is 13.0 Å². The first-order valence-electron chi connectivity index (χ1n) is 6.79. The van der Waals surface area contributed by atoms with Gasteiger partial charge in [-0.15, -0.1) is 0 Å². The minimum absolute atomic E-state index is 0.333. The standard InChI is InChI=1S/C15H22N2O4/c1-10-7-12(9-13(16)8-10)15(19)21-11(2)14(18)17-5-4-6-20-3/h7-9,11H,4-6,16H2,1-3H3,(H,17,18). The lowest BCUT2D eigenvalue weighted by Crippen LogP contribution is -2.36. The molecule has 1 atom stereocenters. The van der Waals surface area contributed by atoms with Gasteiger partial charge in [0.05, 0.1) is 5.56 Å². The first-order chi connectivity index (χ1) is 9.93. The number of benzene rings is 1. The summed E-state index contributed by atoms with van der Waals surface area (Å²) >= 11 is 0. The Morgan fingerprint density at radius 1 is 1.33 bits per heavy atom. The van der Waals surface area contributed by atoms with E-state index in [0.29, 0.717) is 30.8 Å². The van der Waals surface area contributed by atoms with Crippen molar-refractivity contribution in [3.05, 3.63) is 29.3 Å². The van der Waals surface area contributed by atoms with Crippen LogP contribution in [0.2, 0.25) is 0 Å². The van der Waals surface area contributed by atoms with Crippen molar-refractivity contribution in [1.29, 1.82) is 0 Å². The van der Waals surface area contributed by atoms with Crippen molar-refractivity contribution in [2.45, 2.75) is 26.4 Å². The van der Waals surface area contributed by atoms with E-state index in [-0.39, 0.29) is 5.91 Å². The van der Waals surface area contributed by atoms with Gasteiger partial charge in [0.1, 0.15) is 0 Å². The van der Waals surface area contributed by atoms with Crippen LogP contribution in [-0.2, 0) is 14.3 Å². The van der Waals surface area contributed by atoms with Crippen LogP contribution in [0.4, 0.5) is 5.69 Å². The number of rotatable bonds is 7. The quantitative estimate of drug-likeness (QED) is 0.449. The Balaban J connectivity index is 2.51. The second kappa shape index (κ2) is 8.26. The monoisotopic (exact) mass is 294 g/mol. The molecular formula is C15H22N2O4. The third kappa shape index (κ3) is 5.83. The van der Waals surface area contributed by atoms with E-state index in [2.05, 4.69) is 5.32 Å². The first kappa shape index (κ1) is 17.0. The van der Waals surface area contributed by atoms with Crippen molar-refractivity contribution < 1.29 is 19.1 Å². The van der Waals surface area contributed by atoms with Crippen LogP contribution in [0.1, 0.15) is 29.3 Å². The third-order valence-electron chi connectivity index (χ3n) is 2.81. The third-order valence-corrected chi connectivity index (χ3v) is 2.81. The molecule has 0 aromatic heterocycles. The lowest BCUT2D eigenvalue weighted by Gasteiger charge is -2.14. The summed E-state index contributed by atoms with van der Waals surface area (Å²) in [7, 11) is 1.60. The van der Waals surface area contributed by atoms with Crippen LogP contribution in [0, 0.1) is 6.92 Å². The van der Waals surface area contributed by atoms with Gasteiger partial charge in [-0.1, -0.05) is 0 Å². The van der Waals surface area contributed by atoms with Gasteiger partial charge in [0.15, 0.2) is 6.10 Å². The molecule has 0 radical (unpaired) electrons. The van der Waals surface area contributed by atoms with E-state index in [4.69, 9.17) is 15.2 Å². The zero-order valence-electron chi connectivity index (χ0n) is 12.6. The molecule has 0 fully saturated rings. The van der Waals surface area contributed by atoms with Crippen molar-refractivity contribution >= 4 is 17.6 Å². The van der Waals surface area contributed by atoms with Crippen molar-refractivity contribution in [3.63, 3.8) is 0 Å². The number of hydrogen-bond acceptors (Lipinski definition) is 5. The summed E-state index contributed by atoms with van der Waals surface area (Å²) in [5, 5.41) is 2.68. The SMILES string of the molecule is COCCCNC(=O)C(C)OC(=O)c1cc(C)cc(N)c1. The minimum atomic E-state index is -0.859. The van der Waals surface area contributed by atoms with Crippen molar-refractivity contribution in [1.82, 2.24) is 5.32 Å². The molecule has 1 rings (SSSR count). The number of hydrogen-bond donors (Lipinski definition) is 2. The zero-order valence-corrected chi connectivity index (χ0v) is 12.6. The van der Waals surface area contributed by atoms with Crippen LogP contribution >= 0.6 is 0 Å². The summed E-state index contributed by atoms with van der Waals surface area (Å²) in [5.74, 6) is -0.898. The zero-order chi connectivity index (χ0) is 15.8. The maximum Gasteiger partial charge on any atom is 0.338 e. The fourth-order valence-electron chi connectivity index (χ4n) is 1.78. The van der Waals surface area contributed by atoms with E-state index < -0.39 is 12.1 Å². The number of nitrogen functional groups attached to an aromatic ring is 1. The van der Waals surface area contributed by atoms with Gasteiger partial charge >= 0.3 is 5.97 Å². The van der Waals surface area contributed by atoms with Crippen molar-refractivity contribution in [2.75, 3.05) is 26.0 Å². The predicted molar refractivity (Wildman–Crippen MR) is 80.0 cm³/mol. The van der Waals surface area contributed by atoms with Gasteiger partial charge in [-0.3, -0.25) is 4.79 Å². The Morgan fingerprint density at radius 2 is 2.05 bits per heavy atom. The average Bonchev–Trinajstić information content (AvgIpc) is 2.42. The van der Waals surface area contributed by atoms with Gasteiger partial charge in [0.25, 0.3) is 5.91 Å². The number of carbonyl (C=O) groups excluding carboxylic acids is 2. The smallest absolute Gasteiger partial charge is 0.338 e. The topological polar surface area (TPSA) is 90.6 Å². The number of nitrogens with one attached hydrogen (secondary N) is 1. The van der Waals surface area contributed by atoms with Crippen LogP contribution in [0.25, 0.3) is 0 Å². The largest absolute Gasteiger partial charge is 0.449 e. The normalized spacial score (nSPS) is 11.8. The molecule has 0 aliphatic rings. The van der Waals surface area contributed by atoms with E-state index in [1.807, 2.05) is 6.92 Å². The van der Waals surface area contributed by atoms with Crippen LogP contribution in [0.15, 0.2) is 18.2 Å². The molecule has 0 saturated heterocycles. The Labute approximate surface area is 124 Å². The van der Waals surface area contributed by atoms with Crippen LogP contribution < -0.4 is 11.1 Å². The molecule has 6 nitrogen and oxygen atoms in total. The van der Waals surface area contributed by atoms with Crippen molar-refractivity contribution in [2.24, 2.45) is 0 Å². The highest BCUT2D eigenvalue weighted by Crippen LogP contribution is 2.13. The molecule has 1 aromatic carbocycles. The van der Waals surface area contributed by atoms with Crippen LogP contribution in [-0.4, -0.2) is 38.2 Å². The molecule has 1 amide bonds. The number of aryl methyl sites for hydroxylation is 1. The molecule has 3 N–H and O–H groups in total. The number of amides is 1. The summed E-state index contributed by atoms with van der Waals surface area (Å²) < 4.78 is 10.0. The molecule has 116 valence electrons. The molecule has 0 bridgehead atoms. The molecule has 0 aliphatic heterocycles. The Bertz CT molecular complexity index is 482. The van der Waals surface area contributed by atoms with Gasteiger partial charge in [-0.25, -0.2) is 4.79 Å². The number of methoxy groups -OCH3 is 1. The number of esters is 1. The van der Waals surface area contributed by atoms with Gasteiger partial charge in [0, 0.05) is 25.9 Å². The molecule has 1 aromatic rings. The lowest BCUT2D eigenvalue weighted by atomic mass is 10.1. The predicted octanol–water partition coefficient (Wildman–Crippen LogP) is 1.28. The van der Waals surface area contributed by atoms with Crippen molar-refractivity contribution in [3.8, 4) is 0 Å². The highest BCUT2D eigenvalue weighted by atomic mass is 16.5. The number of nitrogens with two attached hydrogens (primary N) is 1. The van der Waals surface area contributed by atoms with E-state index in [1.54, 1.807) is 19.2 Å². The number of anilines is 1. The van der Waals surface area contributed by atoms with E-state index in [9.17, 15) is 9.59 Å². The molecular weight excluding hydrogens is 272 g/mol. The first-order valence-corrected chi connectivity index (χ1v) is 6.79. The highest BCUT2D eigenvalue weighted by Gasteiger charge is 2.18. The van der Waals surface area contributed by atoms with Crippen LogP contribution in [0.3, 0.4) is 0 Å². The number of ether oxygens (including phenoxy) is 2.